The molecule has 1 atom stereocenters. The number of benzene rings is 3. The van der Waals surface area contributed by atoms with Gasteiger partial charge in [-0.15, -0.1) is 0 Å². The lowest BCUT2D eigenvalue weighted by atomic mass is 10.0. The summed E-state index contributed by atoms with van der Waals surface area (Å²) in [5.41, 5.74) is 4.20. The first-order valence-electron chi connectivity index (χ1n) is 11.3. The molecule has 30 heavy (non-hydrogen) atoms. The van der Waals surface area contributed by atoms with E-state index in [2.05, 4.69) is 107 Å². The quantitative estimate of drug-likeness (QED) is 0.464. The smallest absolute Gasteiger partial charge is 0.0270 e. The van der Waals surface area contributed by atoms with Gasteiger partial charge in [-0.2, -0.15) is 0 Å². The minimum atomic E-state index is 0.478. The molecule has 0 unspecified atom stereocenters. The van der Waals surface area contributed by atoms with Crippen molar-refractivity contribution in [3.63, 3.8) is 0 Å². The Balaban J connectivity index is 1.59. The van der Waals surface area contributed by atoms with Crippen LogP contribution in [0.3, 0.4) is 0 Å². The molecule has 0 amide bonds. The van der Waals surface area contributed by atoms with E-state index in [1.54, 1.807) is 0 Å². The first kappa shape index (κ1) is 20.8. The summed E-state index contributed by atoms with van der Waals surface area (Å²) in [5.74, 6) is 0. The summed E-state index contributed by atoms with van der Waals surface area (Å²) in [6.07, 6.45) is 5.96. The van der Waals surface area contributed by atoms with Crippen LogP contribution in [0, 0.1) is 6.42 Å². The summed E-state index contributed by atoms with van der Waals surface area (Å²) in [6, 6.07) is 33.4. The summed E-state index contributed by atoms with van der Waals surface area (Å²) >= 11 is 0. The van der Waals surface area contributed by atoms with Crippen LogP contribution in [0.5, 0.6) is 0 Å². The molecule has 1 heterocycles. The SMILES string of the molecule is [CH]1CCN(C[C@H](Cc2ccccc2)N(Cc2ccccc2)Cc2ccccc2)CC1. The van der Waals surface area contributed by atoms with Crippen LogP contribution in [0.25, 0.3) is 0 Å². The van der Waals surface area contributed by atoms with Gasteiger partial charge in [0, 0.05) is 25.7 Å². The highest BCUT2D eigenvalue weighted by Gasteiger charge is 2.23. The van der Waals surface area contributed by atoms with Crippen molar-refractivity contribution in [1.82, 2.24) is 9.80 Å². The first-order valence-corrected chi connectivity index (χ1v) is 11.3. The Morgan fingerprint density at radius 1 is 0.633 bits per heavy atom. The van der Waals surface area contributed by atoms with Gasteiger partial charge in [0.25, 0.3) is 0 Å². The molecule has 0 aliphatic carbocycles. The maximum absolute atomic E-state index is 2.69. The number of piperidine rings is 1. The number of rotatable bonds is 9. The maximum Gasteiger partial charge on any atom is 0.0270 e. The van der Waals surface area contributed by atoms with Crippen molar-refractivity contribution < 1.29 is 0 Å². The molecule has 0 bridgehead atoms. The first-order chi connectivity index (χ1) is 14.9. The van der Waals surface area contributed by atoms with E-state index < -0.39 is 0 Å². The molecule has 3 aromatic carbocycles. The van der Waals surface area contributed by atoms with E-state index >= 15 is 0 Å². The molecular weight excluding hydrogens is 364 g/mol. The molecule has 3 aromatic rings. The molecule has 1 radical (unpaired) electrons. The van der Waals surface area contributed by atoms with Crippen molar-refractivity contribution >= 4 is 0 Å². The topological polar surface area (TPSA) is 6.48 Å². The highest BCUT2D eigenvalue weighted by atomic mass is 15.2. The van der Waals surface area contributed by atoms with E-state index in [1.165, 1.54) is 42.6 Å². The zero-order chi connectivity index (χ0) is 20.4. The molecule has 4 rings (SSSR count). The van der Waals surface area contributed by atoms with Crippen molar-refractivity contribution in [3.8, 4) is 0 Å². The van der Waals surface area contributed by atoms with E-state index in [0.717, 1.165) is 26.1 Å². The molecule has 2 heteroatoms. The molecule has 1 saturated heterocycles. The third-order valence-electron chi connectivity index (χ3n) is 6.06. The predicted octanol–water partition coefficient (Wildman–Crippen LogP) is 5.60. The molecular formula is C28H33N2. The van der Waals surface area contributed by atoms with Crippen molar-refractivity contribution in [2.24, 2.45) is 0 Å². The average Bonchev–Trinajstić information content (AvgIpc) is 2.81. The van der Waals surface area contributed by atoms with Gasteiger partial charge in [0.15, 0.2) is 0 Å². The second-order valence-corrected chi connectivity index (χ2v) is 8.39. The summed E-state index contributed by atoms with van der Waals surface area (Å²) in [5, 5.41) is 0. The lowest BCUT2D eigenvalue weighted by molar-refractivity contribution is 0.118. The van der Waals surface area contributed by atoms with Crippen LogP contribution in [0.4, 0.5) is 0 Å². The lowest BCUT2D eigenvalue weighted by Gasteiger charge is -2.37. The Morgan fingerprint density at radius 2 is 1.10 bits per heavy atom. The summed E-state index contributed by atoms with van der Waals surface area (Å²) < 4.78 is 0. The Morgan fingerprint density at radius 3 is 1.60 bits per heavy atom. The minimum Gasteiger partial charge on any atom is -0.302 e. The Kier molecular flexibility index (Phi) is 7.71. The van der Waals surface area contributed by atoms with Crippen LogP contribution < -0.4 is 0 Å². The second kappa shape index (κ2) is 11.1. The molecule has 1 fully saturated rings. The van der Waals surface area contributed by atoms with E-state index in [1.807, 2.05) is 0 Å². The van der Waals surface area contributed by atoms with Crippen molar-refractivity contribution in [1.29, 1.82) is 0 Å². The van der Waals surface area contributed by atoms with Crippen LogP contribution >= 0.6 is 0 Å². The van der Waals surface area contributed by atoms with E-state index in [-0.39, 0.29) is 0 Å². The Hall–Kier alpha value is -2.42. The van der Waals surface area contributed by atoms with Gasteiger partial charge in [0.05, 0.1) is 0 Å². The van der Waals surface area contributed by atoms with Gasteiger partial charge in [-0.05, 0) is 55.5 Å². The standard InChI is InChI=1S/C28H33N2/c1-5-13-25(14-6-1)21-28(24-29-19-11-4-12-20-29)30(22-26-15-7-2-8-16-26)23-27-17-9-3-10-18-27/h1-10,13-18,28H,11-12,19-24H2/t28-/m0/s1. The maximum atomic E-state index is 2.69. The van der Waals surface area contributed by atoms with E-state index in [0.29, 0.717) is 6.04 Å². The molecule has 0 spiro atoms. The van der Waals surface area contributed by atoms with Crippen molar-refractivity contribution in [3.05, 3.63) is 114 Å². The summed E-state index contributed by atoms with van der Waals surface area (Å²) in [4.78, 5) is 5.35. The zero-order valence-corrected chi connectivity index (χ0v) is 17.9. The molecule has 0 saturated carbocycles. The molecule has 1 aliphatic rings. The van der Waals surface area contributed by atoms with E-state index in [4.69, 9.17) is 0 Å². The third-order valence-corrected chi connectivity index (χ3v) is 6.06. The minimum absolute atomic E-state index is 0.478. The number of nitrogens with zero attached hydrogens (tertiary/aromatic N) is 2. The zero-order valence-electron chi connectivity index (χ0n) is 17.9. The number of hydrogen-bond acceptors (Lipinski definition) is 2. The fraction of sp³-hybridized carbons (Fsp3) is 0.321. The lowest BCUT2D eigenvalue weighted by Crippen LogP contribution is -2.46. The third kappa shape index (κ3) is 6.29. The van der Waals surface area contributed by atoms with Crippen LogP contribution in [0.15, 0.2) is 91.0 Å². The predicted molar refractivity (Wildman–Crippen MR) is 126 cm³/mol. The van der Waals surface area contributed by atoms with Gasteiger partial charge >= 0.3 is 0 Å². The van der Waals surface area contributed by atoms with Crippen LogP contribution in [-0.2, 0) is 19.5 Å². The molecule has 0 aromatic heterocycles. The van der Waals surface area contributed by atoms with Gasteiger partial charge in [-0.1, -0.05) is 91.0 Å². The van der Waals surface area contributed by atoms with Crippen molar-refractivity contribution in [2.75, 3.05) is 19.6 Å². The molecule has 0 N–H and O–H groups in total. The normalized spacial score (nSPS) is 15.9. The fourth-order valence-corrected chi connectivity index (χ4v) is 4.43. The van der Waals surface area contributed by atoms with Gasteiger partial charge in [-0.25, -0.2) is 0 Å². The number of likely N-dealkylation sites (tertiary alicyclic amines) is 1. The summed E-state index contributed by atoms with van der Waals surface area (Å²) in [6.45, 7) is 5.47. The monoisotopic (exact) mass is 397 g/mol. The Bertz CT molecular complexity index is 800. The molecule has 2 nitrogen and oxygen atoms in total. The van der Waals surface area contributed by atoms with Gasteiger partial charge in [0.2, 0.25) is 0 Å². The van der Waals surface area contributed by atoms with Gasteiger partial charge < -0.3 is 4.90 Å². The Labute approximate surface area is 182 Å². The van der Waals surface area contributed by atoms with Crippen LogP contribution in [-0.4, -0.2) is 35.5 Å². The van der Waals surface area contributed by atoms with Gasteiger partial charge in [0.1, 0.15) is 0 Å². The van der Waals surface area contributed by atoms with Crippen molar-refractivity contribution in [2.45, 2.75) is 38.4 Å². The molecule has 155 valence electrons. The van der Waals surface area contributed by atoms with Crippen LogP contribution in [0.1, 0.15) is 29.5 Å². The second-order valence-electron chi connectivity index (χ2n) is 8.39. The fourth-order valence-electron chi connectivity index (χ4n) is 4.43. The average molecular weight is 398 g/mol. The van der Waals surface area contributed by atoms with E-state index in [9.17, 15) is 0 Å². The number of hydrogen-bond donors (Lipinski definition) is 0. The van der Waals surface area contributed by atoms with Crippen LogP contribution in [0.2, 0.25) is 0 Å². The summed E-state index contributed by atoms with van der Waals surface area (Å²) in [7, 11) is 0. The highest BCUT2D eigenvalue weighted by Crippen LogP contribution is 2.19. The van der Waals surface area contributed by atoms with Gasteiger partial charge in [-0.3, -0.25) is 4.90 Å². The highest BCUT2D eigenvalue weighted by molar-refractivity contribution is 5.19. The molecule has 1 aliphatic heterocycles. The largest absolute Gasteiger partial charge is 0.302 e.